The van der Waals surface area contributed by atoms with E-state index in [0.717, 1.165) is 5.56 Å². The van der Waals surface area contributed by atoms with E-state index in [2.05, 4.69) is 4.98 Å². The number of aromatic nitrogens is 1. The van der Waals surface area contributed by atoms with Gasteiger partial charge in [0.05, 0.1) is 12.5 Å². The largest absolute Gasteiger partial charge is 0.395 e. The first-order valence-electron chi connectivity index (χ1n) is 8.24. The van der Waals surface area contributed by atoms with Gasteiger partial charge in [0.15, 0.2) is 0 Å². The Morgan fingerprint density at radius 3 is 2.62 bits per heavy atom. The minimum absolute atomic E-state index is 0.156. The van der Waals surface area contributed by atoms with E-state index < -0.39 is 18.7 Å². The van der Waals surface area contributed by atoms with Crippen LogP contribution in [0.15, 0.2) is 54.9 Å². The Labute approximate surface area is 129 Å². The van der Waals surface area contributed by atoms with Crippen LogP contribution in [0.1, 0.15) is 28.0 Å². The third-order valence-corrected chi connectivity index (χ3v) is 3.31. The molecular formula is C17H20N2O2. The van der Waals surface area contributed by atoms with Crippen molar-refractivity contribution in [2.45, 2.75) is 19.3 Å². The number of nitrogens with zero attached hydrogens (tertiary/aromatic N) is 2. The molecule has 21 heavy (non-hydrogen) atoms. The summed E-state index contributed by atoms with van der Waals surface area (Å²) in [5.41, 5.74) is 1.45. The van der Waals surface area contributed by atoms with E-state index in [0.29, 0.717) is 5.56 Å². The lowest BCUT2D eigenvalue weighted by molar-refractivity contribution is -0.134. The van der Waals surface area contributed by atoms with Gasteiger partial charge >= 0.3 is 0 Å². The molecule has 0 aliphatic rings. The van der Waals surface area contributed by atoms with Crippen LogP contribution in [0.3, 0.4) is 0 Å². The van der Waals surface area contributed by atoms with Gasteiger partial charge in [-0.1, -0.05) is 30.3 Å². The van der Waals surface area contributed by atoms with Crippen LogP contribution in [0.2, 0.25) is 0 Å². The molecule has 0 saturated heterocycles. The minimum Gasteiger partial charge on any atom is -0.395 e. The molecule has 0 saturated carbocycles. The normalized spacial score (nSPS) is 14.6. The minimum atomic E-state index is -2.28. The Morgan fingerprint density at radius 2 is 2.00 bits per heavy atom. The molecular weight excluding hydrogens is 264 g/mol. The van der Waals surface area contributed by atoms with Gasteiger partial charge in [-0.3, -0.25) is 9.78 Å². The summed E-state index contributed by atoms with van der Waals surface area (Å²) >= 11 is 0. The van der Waals surface area contributed by atoms with Crippen LogP contribution in [0.25, 0.3) is 0 Å². The second kappa shape index (κ2) is 7.55. The fraction of sp³-hybridized carbons (Fsp3) is 0.294. The molecule has 0 aliphatic carbocycles. The third-order valence-electron chi connectivity index (χ3n) is 3.31. The molecule has 0 aliphatic heterocycles. The lowest BCUT2D eigenvalue weighted by Crippen LogP contribution is -2.36. The number of likely N-dealkylation sites (N-methyl/N-ethyl adjacent to an activating group) is 1. The van der Waals surface area contributed by atoms with Crippen LogP contribution in [0, 0.1) is 0 Å². The second-order valence-corrected chi connectivity index (χ2v) is 4.70. The number of carbonyl (C=O) groups is 1. The SMILES string of the molecule is [2H]C([2H])([2H])CN(Cc1ccncc1)C(=O)C(CO)c1ccccc1. The quantitative estimate of drug-likeness (QED) is 0.886. The Balaban J connectivity index is 2.25. The van der Waals surface area contributed by atoms with Crippen LogP contribution < -0.4 is 0 Å². The molecule has 1 amide bonds. The van der Waals surface area contributed by atoms with E-state index in [9.17, 15) is 9.90 Å². The monoisotopic (exact) mass is 287 g/mol. The first-order valence-corrected chi connectivity index (χ1v) is 6.74. The van der Waals surface area contributed by atoms with Gasteiger partial charge in [-0.2, -0.15) is 0 Å². The van der Waals surface area contributed by atoms with Crippen molar-refractivity contribution in [3.63, 3.8) is 0 Å². The van der Waals surface area contributed by atoms with Gasteiger partial charge in [0.2, 0.25) is 5.91 Å². The highest BCUT2D eigenvalue weighted by Crippen LogP contribution is 2.19. The molecule has 0 radical (unpaired) electrons. The first kappa shape index (κ1) is 11.5. The molecule has 0 fully saturated rings. The van der Waals surface area contributed by atoms with Crippen LogP contribution in [0.5, 0.6) is 0 Å². The van der Waals surface area contributed by atoms with Gasteiger partial charge < -0.3 is 10.0 Å². The molecule has 2 rings (SSSR count). The van der Waals surface area contributed by atoms with Gasteiger partial charge in [0.1, 0.15) is 0 Å². The summed E-state index contributed by atoms with van der Waals surface area (Å²) in [5, 5.41) is 9.67. The molecule has 4 heteroatoms. The standard InChI is InChI=1S/C17H20N2O2/c1-2-19(12-14-8-10-18-11-9-14)17(21)16(13-20)15-6-4-3-5-7-15/h3-11,16,20H,2,12-13H2,1H3/i1D3. The molecule has 110 valence electrons. The molecule has 1 heterocycles. The molecule has 4 nitrogen and oxygen atoms in total. The maximum absolute atomic E-state index is 12.9. The van der Waals surface area contributed by atoms with Gasteiger partial charge in [-0.05, 0) is 30.1 Å². The summed E-state index contributed by atoms with van der Waals surface area (Å²) in [6, 6.07) is 12.3. The van der Waals surface area contributed by atoms with Crippen molar-refractivity contribution in [2.24, 2.45) is 0 Å². The maximum Gasteiger partial charge on any atom is 0.232 e. The highest BCUT2D eigenvalue weighted by molar-refractivity contribution is 5.83. The zero-order valence-corrected chi connectivity index (χ0v) is 11.6. The Kier molecular flexibility index (Phi) is 4.12. The van der Waals surface area contributed by atoms with Crippen molar-refractivity contribution in [1.82, 2.24) is 9.88 Å². The second-order valence-electron chi connectivity index (χ2n) is 4.70. The number of rotatable bonds is 6. The summed E-state index contributed by atoms with van der Waals surface area (Å²) in [4.78, 5) is 18.0. The summed E-state index contributed by atoms with van der Waals surface area (Å²) in [7, 11) is 0. The smallest absolute Gasteiger partial charge is 0.232 e. The summed E-state index contributed by atoms with van der Waals surface area (Å²) < 4.78 is 22.5. The first-order chi connectivity index (χ1) is 11.4. The van der Waals surface area contributed by atoms with E-state index in [4.69, 9.17) is 4.11 Å². The summed E-state index contributed by atoms with van der Waals surface area (Å²) in [6.07, 6.45) is 3.18. The number of carbonyl (C=O) groups excluding carboxylic acids is 1. The zero-order valence-electron chi connectivity index (χ0n) is 14.6. The van der Waals surface area contributed by atoms with Crippen molar-refractivity contribution in [1.29, 1.82) is 0 Å². The Morgan fingerprint density at radius 1 is 1.29 bits per heavy atom. The highest BCUT2D eigenvalue weighted by Gasteiger charge is 2.24. The molecule has 1 atom stereocenters. The van der Waals surface area contributed by atoms with Crippen molar-refractivity contribution in [3.05, 3.63) is 66.0 Å². The molecule has 2 aromatic rings. The fourth-order valence-electron chi connectivity index (χ4n) is 2.15. The van der Waals surface area contributed by atoms with Crippen LogP contribution >= 0.6 is 0 Å². The molecule has 0 bridgehead atoms. The molecule has 1 aromatic carbocycles. The van der Waals surface area contributed by atoms with Crippen molar-refractivity contribution < 1.29 is 14.0 Å². The number of benzene rings is 1. The number of hydrogen-bond acceptors (Lipinski definition) is 3. The molecule has 0 spiro atoms. The van der Waals surface area contributed by atoms with Gasteiger partial charge in [0, 0.05) is 29.6 Å². The number of aliphatic hydroxyl groups is 1. The van der Waals surface area contributed by atoms with Crippen LogP contribution in [-0.2, 0) is 11.3 Å². The van der Waals surface area contributed by atoms with Crippen LogP contribution in [0.4, 0.5) is 0 Å². The highest BCUT2D eigenvalue weighted by atomic mass is 16.3. The average Bonchev–Trinajstić information content (AvgIpc) is 2.55. The Bertz CT molecular complexity index is 648. The summed E-state index contributed by atoms with van der Waals surface area (Å²) in [5.74, 6) is -1.19. The fourth-order valence-corrected chi connectivity index (χ4v) is 2.15. The van der Waals surface area contributed by atoms with E-state index in [-0.39, 0.29) is 19.7 Å². The molecule has 1 unspecified atom stereocenters. The molecule has 1 N–H and O–H groups in total. The number of amides is 1. The topological polar surface area (TPSA) is 53.4 Å². The number of pyridine rings is 1. The lowest BCUT2D eigenvalue weighted by atomic mass is 9.98. The van der Waals surface area contributed by atoms with Crippen molar-refractivity contribution in [2.75, 3.05) is 13.2 Å². The maximum atomic E-state index is 12.9. The third kappa shape index (κ3) is 3.89. The van der Waals surface area contributed by atoms with Gasteiger partial charge in [0.25, 0.3) is 0 Å². The van der Waals surface area contributed by atoms with Crippen molar-refractivity contribution >= 4 is 5.91 Å². The number of hydrogen-bond donors (Lipinski definition) is 1. The van der Waals surface area contributed by atoms with Gasteiger partial charge in [-0.25, -0.2) is 0 Å². The van der Waals surface area contributed by atoms with E-state index >= 15 is 0 Å². The van der Waals surface area contributed by atoms with E-state index in [1.165, 1.54) is 4.90 Å². The lowest BCUT2D eigenvalue weighted by Gasteiger charge is -2.25. The van der Waals surface area contributed by atoms with Crippen LogP contribution in [-0.4, -0.2) is 34.0 Å². The van der Waals surface area contributed by atoms with E-state index in [1.54, 1.807) is 48.8 Å². The predicted molar refractivity (Wildman–Crippen MR) is 81.6 cm³/mol. The molecule has 1 aromatic heterocycles. The Hall–Kier alpha value is -2.20. The van der Waals surface area contributed by atoms with Crippen molar-refractivity contribution in [3.8, 4) is 0 Å². The van der Waals surface area contributed by atoms with Gasteiger partial charge in [-0.15, -0.1) is 0 Å². The average molecular weight is 287 g/mol. The zero-order chi connectivity index (χ0) is 17.6. The van der Waals surface area contributed by atoms with E-state index in [1.807, 2.05) is 6.07 Å². The predicted octanol–water partition coefficient (Wildman–Crippen LogP) is 2.21. The summed E-state index contributed by atoms with van der Waals surface area (Å²) in [6.45, 7) is -2.88. The number of aliphatic hydroxyl groups excluding tert-OH is 1.